The molecule has 0 bridgehead atoms. The molecular formula is C18H18ClN5O2. The minimum Gasteiger partial charge on any atom is -0.497 e. The number of halogens is 1. The Morgan fingerprint density at radius 2 is 1.85 bits per heavy atom. The second kappa shape index (κ2) is 7.88. The summed E-state index contributed by atoms with van der Waals surface area (Å²) in [5, 5.41) is 15.0. The predicted molar refractivity (Wildman–Crippen MR) is 102 cm³/mol. The van der Waals surface area contributed by atoms with Crippen molar-refractivity contribution in [2.75, 3.05) is 24.9 Å². The van der Waals surface area contributed by atoms with Crippen molar-refractivity contribution in [1.29, 1.82) is 0 Å². The molecule has 2 N–H and O–H groups in total. The third kappa shape index (κ3) is 3.94. The molecule has 0 saturated heterocycles. The molecule has 0 aliphatic carbocycles. The third-order valence-electron chi connectivity index (χ3n) is 3.74. The van der Waals surface area contributed by atoms with Crippen molar-refractivity contribution in [3.05, 3.63) is 53.2 Å². The maximum Gasteiger partial charge on any atom is 0.249 e. The van der Waals surface area contributed by atoms with Gasteiger partial charge < -0.3 is 20.1 Å². The summed E-state index contributed by atoms with van der Waals surface area (Å²) in [5.41, 5.74) is 2.46. The molecule has 134 valence electrons. The van der Waals surface area contributed by atoms with E-state index < -0.39 is 0 Å². The zero-order valence-electron chi connectivity index (χ0n) is 14.6. The fourth-order valence-corrected chi connectivity index (χ4v) is 2.49. The number of hydrogen-bond acceptors (Lipinski definition) is 7. The van der Waals surface area contributed by atoms with E-state index in [0.717, 1.165) is 16.9 Å². The van der Waals surface area contributed by atoms with Gasteiger partial charge in [0.2, 0.25) is 5.95 Å². The Bertz CT molecular complexity index is 920. The molecule has 0 aliphatic rings. The smallest absolute Gasteiger partial charge is 0.249 e. The number of nitrogens with zero attached hydrogens (tertiary/aromatic N) is 3. The number of methoxy groups -OCH3 is 2. The lowest BCUT2D eigenvalue weighted by Gasteiger charge is -2.13. The van der Waals surface area contributed by atoms with Crippen LogP contribution < -0.4 is 20.1 Å². The molecule has 0 saturated carbocycles. The number of hydrogen-bond donors (Lipinski definition) is 2. The second-order valence-electron chi connectivity index (χ2n) is 5.39. The maximum absolute atomic E-state index is 6.14. The van der Waals surface area contributed by atoms with Gasteiger partial charge in [-0.25, -0.2) is 0 Å². The number of aromatic nitrogens is 3. The average Bonchev–Trinajstić information content (AvgIpc) is 2.66. The van der Waals surface area contributed by atoms with Crippen LogP contribution >= 0.6 is 11.6 Å². The Labute approximate surface area is 156 Å². The van der Waals surface area contributed by atoms with Gasteiger partial charge in [0.05, 0.1) is 26.1 Å². The normalized spacial score (nSPS) is 10.3. The molecule has 3 rings (SSSR count). The summed E-state index contributed by atoms with van der Waals surface area (Å²) < 4.78 is 10.6. The maximum atomic E-state index is 6.14. The molecule has 3 aromatic rings. The van der Waals surface area contributed by atoms with Crippen molar-refractivity contribution >= 4 is 34.7 Å². The Kier molecular flexibility index (Phi) is 5.38. The number of ether oxygens (including phenoxy) is 2. The van der Waals surface area contributed by atoms with E-state index in [1.165, 1.54) is 6.20 Å². The van der Waals surface area contributed by atoms with Crippen molar-refractivity contribution in [3.8, 4) is 11.5 Å². The van der Waals surface area contributed by atoms with E-state index in [1.807, 2.05) is 37.3 Å². The Morgan fingerprint density at radius 3 is 2.62 bits per heavy atom. The van der Waals surface area contributed by atoms with Gasteiger partial charge in [-0.15, -0.1) is 5.10 Å². The largest absolute Gasteiger partial charge is 0.497 e. The van der Waals surface area contributed by atoms with E-state index in [0.29, 0.717) is 28.3 Å². The topological polar surface area (TPSA) is 81.2 Å². The van der Waals surface area contributed by atoms with Crippen molar-refractivity contribution in [1.82, 2.24) is 15.2 Å². The molecular weight excluding hydrogens is 354 g/mol. The highest BCUT2D eigenvalue weighted by Crippen LogP contribution is 2.31. The average molecular weight is 372 g/mol. The van der Waals surface area contributed by atoms with E-state index in [9.17, 15) is 0 Å². The first-order valence-corrected chi connectivity index (χ1v) is 8.19. The van der Waals surface area contributed by atoms with Crippen LogP contribution in [0.3, 0.4) is 0 Å². The Morgan fingerprint density at radius 1 is 1.00 bits per heavy atom. The van der Waals surface area contributed by atoms with Gasteiger partial charge in [-0.3, -0.25) is 0 Å². The van der Waals surface area contributed by atoms with E-state index in [-0.39, 0.29) is 0 Å². The van der Waals surface area contributed by atoms with Crippen molar-refractivity contribution in [3.63, 3.8) is 0 Å². The van der Waals surface area contributed by atoms with E-state index in [4.69, 9.17) is 21.1 Å². The van der Waals surface area contributed by atoms with Gasteiger partial charge in [0.25, 0.3) is 0 Å². The highest BCUT2D eigenvalue weighted by molar-refractivity contribution is 6.31. The van der Waals surface area contributed by atoms with Crippen molar-refractivity contribution in [2.45, 2.75) is 6.92 Å². The van der Waals surface area contributed by atoms with Gasteiger partial charge in [-0.2, -0.15) is 10.1 Å². The van der Waals surface area contributed by atoms with Gasteiger partial charge >= 0.3 is 0 Å². The predicted octanol–water partition coefficient (Wildman–Crippen LogP) is 4.34. The monoisotopic (exact) mass is 371 g/mol. The standard InChI is InChI=1S/C18H18ClN5O2/c1-11-13(19)5-4-6-14(11)22-18-23-17(10-20-24-18)21-15-8-7-12(25-2)9-16(15)26-3/h4-10H,1-3H3,(H2,21,22,23,24). The van der Waals surface area contributed by atoms with Crippen LogP contribution in [0.4, 0.5) is 23.1 Å². The summed E-state index contributed by atoms with van der Waals surface area (Å²) in [4.78, 5) is 4.43. The van der Waals surface area contributed by atoms with Crippen LogP contribution in [-0.4, -0.2) is 29.4 Å². The summed E-state index contributed by atoms with van der Waals surface area (Å²) >= 11 is 6.14. The summed E-state index contributed by atoms with van der Waals surface area (Å²) in [7, 11) is 3.19. The van der Waals surface area contributed by atoms with Crippen LogP contribution in [0, 0.1) is 6.92 Å². The van der Waals surface area contributed by atoms with Crippen LogP contribution in [0.2, 0.25) is 5.02 Å². The zero-order chi connectivity index (χ0) is 18.5. The number of nitrogens with one attached hydrogen (secondary N) is 2. The zero-order valence-corrected chi connectivity index (χ0v) is 15.3. The molecule has 7 nitrogen and oxygen atoms in total. The van der Waals surface area contributed by atoms with Gasteiger partial charge in [0.15, 0.2) is 5.82 Å². The lowest BCUT2D eigenvalue weighted by atomic mass is 10.2. The molecule has 2 aromatic carbocycles. The molecule has 0 radical (unpaired) electrons. The fourth-order valence-electron chi connectivity index (χ4n) is 2.32. The van der Waals surface area contributed by atoms with Gasteiger partial charge in [0, 0.05) is 16.8 Å². The van der Waals surface area contributed by atoms with Crippen LogP contribution in [0.15, 0.2) is 42.6 Å². The van der Waals surface area contributed by atoms with Gasteiger partial charge in [0.1, 0.15) is 11.5 Å². The van der Waals surface area contributed by atoms with Crippen molar-refractivity contribution in [2.24, 2.45) is 0 Å². The summed E-state index contributed by atoms with van der Waals surface area (Å²) in [6.45, 7) is 1.92. The van der Waals surface area contributed by atoms with Crippen LogP contribution in [-0.2, 0) is 0 Å². The molecule has 0 fully saturated rings. The summed E-state index contributed by atoms with van der Waals surface area (Å²) in [5.74, 6) is 2.20. The Hall–Kier alpha value is -3.06. The quantitative estimate of drug-likeness (QED) is 0.667. The van der Waals surface area contributed by atoms with Crippen LogP contribution in [0.1, 0.15) is 5.56 Å². The van der Waals surface area contributed by atoms with E-state index in [1.54, 1.807) is 20.3 Å². The summed E-state index contributed by atoms with van der Waals surface area (Å²) in [6, 6.07) is 11.0. The first kappa shape index (κ1) is 17.8. The number of benzene rings is 2. The first-order chi connectivity index (χ1) is 12.6. The Balaban J connectivity index is 1.83. The van der Waals surface area contributed by atoms with Crippen molar-refractivity contribution < 1.29 is 9.47 Å². The minimum atomic E-state index is 0.354. The molecule has 0 spiro atoms. The third-order valence-corrected chi connectivity index (χ3v) is 4.15. The molecule has 0 amide bonds. The molecule has 0 atom stereocenters. The highest BCUT2D eigenvalue weighted by Gasteiger charge is 2.09. The van der Waals surface area contributed by atoms with E-state index in [2.05, 4.69) is 25.8 Å². The van der Waals surface area contributed by atoms with Gasteiger partial charge in [-0.05, 0) is 36.8 Å². The minimum absolute atomic E-state index is 0.354. The van der Waals surface area contributed by atoms with Crippen LogP contribution in [0.5, 0.6) is 11.5 Å². The van der Waals surface area contributed by atoms with Gasteiger partial charge in [-0.1, -0.05) is 17.7 Å². The highest BCUT2D eigenvalue weighted by atomic mass is 35.5. The second-order valence-corrected chi connectivity index (χ2v) is 5.80. The molecule has 0 aliphatic heterocycles. The number of anilines is 4. The molecule has 1 heterocycles. The van der Waals surface area contributed by atoms with E-state index >= 15 is 0 Å². The molecule has 1 aromatic heterocycles. The number of rotatable bonds is 6. The van der Waals surface area contributed by atoms with Crippen LogP contribution in [0.25, 0.3) is 0 Å². The lowest BCUT2D eigenvalue weighted by molar-refractivity contribution is 0.395. The molecule has 0 unspecified atom stereocenters. The lowest BCUT2D eigenvalue weighted by Crippen LogP contribution is -2.04. The molecule has 8 heteroatoms. The SMILES string of the molecule is COc1ccc(Nc2cnnc(Nc3cccc(Cl)c3C)n2)c(OC)c1. The fraction of sp³-hybridized carbons (Fsp3) is 0.167. The summed E-state index contributed by atoms with van der Waals surface area (Å²) in [6.07, 6.45) is 1.53. The molecule has 26 heavy (non-hydrogen) atoms. The first-order valence-electron chi connectivity index (χ1n) is 7.81.